The van der Waals surface area contributed by atoms with E-state index in [1.54, 1.807) is 19.2 Å². The number of ether oxygens (including phenoxy) is 1. The molecule has 0 bridgehead atoms. The predicted molar refractivity (Wildman–Crippen MR) is 122 cm³/mol. The Morgan fingerprint density at radius 3 is 2.53 bits per heavy atom. The van der Waals surface area contributed by atoms with E-state index in [0.717, 1.165) is 33.5 Å². The van der Waals surface area contributed by atoms with Gasteiger partial charge in [-0.05, 0) is 79.3 Å². The first-order valence-electron chi connectivity index (χ1n) is 10.7. The molecule has 0 saturated heterocycles. The molecule has 0 radical (unpaired) electrons. The van der Waals surface area contributed by atoms with Crippen molar-refractivity contribution in [2.24, 2.45) is 0 Å². The van der Waals surface area contributed by atoms with Gasteiger partial charge in [0.2, 0.25) is 0 Å². The van der Waals surface area contributed by atoms with Gasteiger partial charge in [-0.1, -0.05) is 18.2 Å². The molecule has 1 aromatic heterocycles. The van der Waals surface area contributed by atoms with Crippen molar-refractivity contribution in [2.75, 3.05) is 13.1 Å². The fraction of sp³-hybridized carbons (Fsp3) is 0.269. The van der Waals surface area contributed by atoms with Crippen LogP contribution in [0, 0.1) is 6.92 Å². The first-order valence-corrected chi connectivity index (χ1v) is 10.7. The monoisotopic (exact) mass is 430 g/mol. The molecule has 6 heteroatoms. The van der Waals surface area contributed by atoms with Gasteiger partial charge in [0.1, 0.15) is 12.4 Å². The molecule has 4 rings (SSSR count). The fourth-order valence-electron chi connectivity index (χ4n) is 4.01. The lowest BCUT2D eigenvalue weighted by Gasteiger charge is -2.15. The number of nitrogens with zero attached hydrogens (tertiary/aromatic N) is 2. The Labute approximate surface area is 187 Å². The van der Waals surface area contributed by atoms with E-state index in [1.807, 2.05) is 37.3 Å². The van der Waals surface area contributed by atoms with Crippen molar-refractivity contribution in [3.8, 4) is 16.9 Å². The molecular formula is C26H26N2O4. The van der Waals surface area contributed by atoms with Crippen LogP contribution in [0.1, 0.15) is 39.7 Å². The molecule has 0 spiro atoms. The summed E-state index contributed by atoms with van der Waals surface area (Å²) >= 11 is 0. The smallest absolute Gasteiger partial charge is 0.407 e. The summed E-state index contributed by atoms with van der Waals surface area (Å²) < 4.78 is 6.12. The van der Waals surface area contributed by atoms with Gasteiger partial charge in [-0.2, -0.15) is 0 Å². The number of ketones is 1. The Hall–Kier alpha value is -3.67. The van der Waals surface area contributed by atoms with Crippen molar-refractivity contribution >= 4 is 11.9 Å². The third kappa shape index (κ3) is 4.80. The summed E-state index contributed by atoms with van der Waals surface area (Å²) in [6.07, 6.45) is 2.23. The maximum absolute atomic E-state index is 12.0. The summed E-state index contributed by atoms with van der Waals surface area (Å²) in [7, 11) is 0. The molecule has 2 aromatic carbocycles. The minimum absolute atomic E-state index is 0.00925. The fourth-order valence-corrected chi connectivity index (χ4v) is 4.01. The van der Waals surface area contributed by atoms with Crippen LogP contribution < -0.4 is 4.74 Å². The van der Waals surface area contributed by atoms with Gasteiger partial charge in [0, 0.05) is 30.4 Å². The third-order valence-corrected chi connectivity index (χ3v) is 5.82. The summed E-state index contributed by atoms with van der Waals surface area (Å²) in [6, 6.07) is 15.6. The summed E-state index contributed by atoms with van der Waals surface area (Å²) in [5, 5.41) is 9.34. The number of rotatable bonds is 5. The van der Waals surface area contributed by atoms with Crippen LogP contribution in [0.2, 0.25) is 0 Å². The second-order valence-electron chi connectivity index (χ2n) is 8.13. The molecule has 2 heterocycles. The lowest BCUT2D eigenvalue weighted by molar-refractivity contribution is 0.101. The molecule has 3 aromatic rings. The SMILES string of the molecule is CC(=O)c1ccc(OCc2cc(C)ccn2)c(-c2ccc3c(c2)CCN(C(=O)O)CC3)c1. The van der Waals surface area contributed by atoms with Crippen LogP contribution in [0.25, 0.3) is 11.1 Å². The summed E-state index contributed by atoms with van der Waals surface area (Å²) in [5.74, 6) is 0.670. The molecule has 0 saturated carbocycles. The van der Waals surface area contributed by atoms with Crippen LogP contribution in [-0.4, -0.2) is 40.0 Å². The Bertz CT molecular complexity index is 1170. The zero-order chi connectivity index (χ0) is 22.7. The van der Waals surface area contributed by atoms with Crippen molar-refractivity contribution < 1.29 is 19.4 Å². The van der Waals surface area contributed by atoms with Crippen LogP contribution in [0.15, 0.2) is 54.7 Å². The van der Waals surface area contributed by atoms with Crippen LogP contribution in [0.4, 0.5) is 4.79 Å². The molecule has 32 heavy (non-hydrogen) atoms. The highest BCUT2D eigenvalue weighted by atomic mass is 16.5. The zero-order valence-electron chi connectivity index (χ0n) is 18.3. The number of carbonyl (C=O) groups excluding carboxylic acids is 1. The highest BCUT2D eigenvalue weighted by Crippen LogP contribution is 2.34. The molecule has 1 N–H and O–H groups in total. The number of Topliss-reactive ketones (excluding diaryl/α,β-unsaturated/α-hetero) is 1. The van der Waals surface area contributed by atoms with Gasteiger partial charge in [0.15, 0.2) is 5.78 Å². The Balaban J connectivity index is 1.66. The molecule has 6 nitrogen and oxygen atoms in total. The van der Waals surface area contributed by atoms with Gasteiger partial charge in [0.25, 0.3) is 0 Å². The molecule has 164 valence electrons. The van der Waals surface area contributed by atoms with E-state index in [0.29, 0.717) is 43.9 Å². The molecule has 1 aliphatic heterocycles. The zero-order valence-corrected chi connectivity index (χ0v) is 18.3. The van der Waals surface area contributed by atoms with Gasteiger partial charge in [-0.25, -0.2) is 4.79 Å². The van der Waals surface area contributed by atoms with Gasteiger partial charge >= 0.3 is 6.09 Å². The number of benzene rings is 2. The van der Waals surface area contributed by atoms with E-state index in [9.17, 15) is 14.7 Å². The molecule has 0 aliphatic carbocycles. The Kier molecular flexibility index (Phi) is 6.21. The molecular weight excluding hydrogens is 404 g/mol. The maximum Gasteiger partial charge on any atom is 0.407 e. The van der Waals surface area contributed by atoms with Gasteiger partial charge in [0.05, 0.1) is 5.69 Å². The predicted octanol–water partition coefficient (Wildman–Crippen LogP) is 4.92. The summed E-state index contributed by atoms with van der Waals surface area (Å²) in [4.78, 5) is 29.2. The van der Waals surface area contributed by atoms with Crippen molar-refractivity contribution in [3.05, 3.63) is 82.7 Å². The van der Waals surface area contributed by atoms with E-state index in [2.05, 4.69) is 17.1 Å². The highest BCUT2D eigenvalue weighted by molar-refractivity contribution is 5.96. The first kappa shape index (κ1) is 21.6. The molecule has 0 unspecified atom stereocenters. The van der Waals surface area contributed by atoms with E-state index in [4.69, 9.17) is 4.74 Å². The topological polar surface area (TPSA) is 79.7 Å². The van der Waals surface area contributed by atoms with Crippen molar-refractivity contribution in [1.29, 1.82) is 0 Å². The number of aromatic nitrogens is 1. The highest BCUT2D eigenvalue weighted by Gasteiger charge is 2.19. The van der Waals surface area contributed by atoms with Crippen molar-refractivity contribution in [1.82, 2.24) is 9.88 Å². The van der Waals surface area contributed by atoms with Crippen LogP contribution in [0.3, 0.4) is 0 Å². The number of hydrogen-bond acceptors (Lipinski definition) is 4. The number of carbonyl (C=O) groups is 2. The van der Waals surface area contributed by atoms with Gasteiger partial charge in [-0.3, -0.25) is 9.78 Å². The number of fused-ring (bicyclic) bond motifs is 1. The Morgan fingerprint density at radius 1 is 1.03 bits per heavy atom. The van der Waals surface area contributed by atoms with Crippen molar-refractivity contribution in [3.63, 3.8) is 0 Å². The standard InChI is InChI=1S/C26H26N2O4/c1-17-7-10-27-23(13-17)16-32-25-6-5-20(18(2)29)15-24(25)22-4-3-19-8-11-28(26(30)31)12-9-21(19)14-22/h3-7,10,13-15H,8-9,11-12,16H2,1-2H3,(H,30,31). The third-order valence-electron chi connectivity index (χ3n) is 5.82. The van der Waals surface area contributed by atoms with Crippen molar-refractivity contribution in [2.45, 2.75) is 33.3 Å². The normalized spacial score (nSPS) is 13.2. The minimum Gasteiger partial charge on any atom is -0.487 e. The molecule has 1 aliphatic rings. The second kappa shape index (κ2) is 9.22. The number of carboxylic acid groups (broad SMARTS) is 1. The van der Waals surface area contributed by atoms with E-state index >= 15 is 0 Å². The lowest BCUT2D eigenvalue weighted by Crippen LogP contribution is -2.31. The van der Waals surface area contributed by atoms with Gasteiger partial charge < -0.3 is 14.7 Å². The molecule has 0 fully saturated rings. The van der Waals surface area contributed by atoms with E-state index in [-0.39, 0.29) is 5.78 Å². The Morgan fingerprint density at radius 2 is 1.81 bits per heavy atom. The number of aryl methyl sites for hydroxylation is 1. The van der Waals surface area contributed by atoms with Crippen LogP contribution in [-0.2, 0) is 19.4 Å². The quantitative estimate of drug-likeness (QED) is 0.582. The average molecular weight is 431 g/mol. The lowest BCUT2D eigenvalue weighted by atomic mass is 9.94. The first-order chi connectivity index (χ1) is 15.4. The van der Waals surface area contributed by atoms with Crippen LogP contribution in [0.5, 0.6) is 5.75 Å². The van der Waals surface area contributed by atoms with Crippen LogP contribution >= 0.6 is 0 Å². The summed E-state index contributed by atoms with van der Waals surface area (Å²) in [6.45, 7) is 4.86. The largest absolute Gasteiger partial charge is 0.487 e. The summed E-state index contributed by atoms with van der Waals surface area (Å²) in [5.41, 5.74) is 6.65. The number of amides is 1. The van der Waals surface area contributed by atoms with E-state index < -0.39 is 6.09 Å². The molecule has 0 atom stereocenters. The number of pyridine rings is 1. The van der Waals surface area contributed by atoms with Gasteiger partial charge in [-0.15, -0.1) is 0 Å². The average Bonchev–Trinajstić information content (AvgIpc) is 3.00. The minimum atomic E-state index is -0.882. The number of hydrogen-bond donors (Lipinski definition) is 1. The second-order valence-corrected chi connectivity index (χ2v) is 8.13. The maximum atomic E-state index is 12.0. The molecule has 1 amide bonds. The van der Waals surface area contributed by atoms with E-state index in [1.165, 1.54) is 4.90 Å².